The van der Waals surface area contributed by atoms with E-state index in [1.165, 1.54) is 0 Å². The molecule has 0 bridgehead atoms. The molecule has 2 aromatic rings. The molecule has 0 atom stereocenters. The summed E-state index contributed by atoms with van der Waals surface area (Å²) in [5, 5.41) is 8.29. The number of amides is 4. The average molecular weight is 419 g/mol. The second-order valence-electron chi connectivity index (χ2n) is 4.85. The van der Waals surface area contributed by atoms with Gasteiger partial charge in [-0.1, -0.05) is 36.0 Å². The molecule has 0 aromatic carbocycles. The van der Waals surface area contributed by atoms with Crippen molar-refractivity contribution in [3.05, 3.63) is 60.2 Å². The Labute approximate surface area is 170 Å². The first-order chi connectivity index (χ1) is 13.7. The second-order valence-corrected chi connectivity index (χ2v) is 6.07. The molecule has 0 aliphatic carbocycles. The van der Waals surface area contributed by atoms with E-state index in [2.05, 4.69) is 40.5 Å². The smallest absolute Gasteiger partial charge is 0.281 e. The SMILES string of the molecule is CSNC(=O)N/N=C(/C(=N/NC(=O)NSC)c1ccccn1)c1ccccn1. The van der Waals surface area contributed by atoms with Crippen molar-refractivity contribution in [3.63, 3.8) is 0 Å². The number of carbonyl (C=O) groups excluding carboxylic acids is 2. The van der Waals surface area contributed by atoms with Gasteiger partial charge in [-0.15, -0.1) is 0 Å². The quantitative estimate of drug-likeness (QED) is 0.308. The zero-order chi connectivity index (χ0) is 20.2. The molecule has 0 saturated heterocycles. The van der Waals surface area contributed by atoms with Gasteiger partial charge in [0.05, 0.1) is 11.4 Å². The van der Waals surface area contributed by atoms with Crippen LogP contribution in [-0.4, -0.2) is 46.0 Å². The van der Waals surface area contributed by atoms with Gasteiger partial charge >= 0.3 is 12.1 Å². The molecule has 0 saturated carbocycles. The van der Waals surface area contributed by atoms with E-state index >= 15 is 0 Å². The number of carbonyl (C=O) groups is 2. The Bertz CT molecular complexity index is 775. The Balaban J connectivity index is 2.48. The number of urea groups is 2. The minimum atomic E-state index is -0.519. The third kappa shape index (κ3) is 6.55. The van der Waals surface area contributed by atoms with Crippen molar-refractivity contribution in [2.75, 3.05) is 12.5 Å². The van der Waals surface area contributed by atoms with E-state index in [-0.39, 0.29) is 11.4 Å². The van der Waals surface area contributed by atoms with Crippen molar-refractivity contribution >= 4 is 47.4 Å². The summed E-state index contributed by atoms with van der Waals surface area (Å²) >= 11 is 2.25. The van der Waals surface area contributed by atoms with Crippen molar-refractivity contribution in [3.8, 4) is 0 Å². The third-order valence-corrected chi connectivity index (χ3v) is 3.75. The van der Waals surface area contributed by atoms with Gasteiger partial charge in [-0.25, -0.2) is 20.4 Å². The summed E-state index contributed by atoms with van der Waals surface area (Å²) < 4.78 is 5.00. The maximum atomic E-state index is 11.8. The predicted octanol–water partition coefficient (Wildman–Crippen LogP) is 1.74. The number of pyridine rings is 2. The summed E-state index contributed by atoms with van der Waals surface area (Å²) in [7, 11) is 0. The molecule has 0 unspecified atom stereocenters. The summed E-state index contributed by atoms with van der Waals surface area (Å²) in [6, 6.07) is 9.39. The molecule has 2 aromatic heterocycles. The monoisotopic (exact) mass is 418 g/mol. The van der Waals surface area contributed by atoms with Crippen LogP contribution in [0, 0.1) is 0 Å². The van der Waals surface area contributed by atoms with Crippen molar-refractivity contribution in [1.29, 1.82) is 0 Å². The molecule has 0 aliphatic heterocycles. The molecule has 4 amide bonds. The zero-order valence-corrected chi connectivity index (χ0v) is 16.7. The van der Waals surface area contributed by atoms with E-state index in [0.717, 1.165) is 23.9 Å². The minimum absolute atomic E-state index is 0.222. The highest BCUT2D eigenvalue weighted by atomic mass is 32.2. The van der Waals surface area contributed by atoms with E-state index < -0.39 is 12.1 Å². The summed E-state index contributed by atoms with van der Waals surface area (Å²) in [6.07, 6.45) is 6.57. The van der Waals surface area contributed by atoms with Crippen LogP contribution in [0.15, 0.2) is 59.0 Å². The minimum Gasteiger partial charge on any atom is -0.281 e. The Kier molecular flexibility index (Phi) is 8.75. The van der Waals surface area contributed by atoms with Gasteiger partial charge in [0, 0.05) is 24.9 Å². The number of hydrazone groups is 2. The van der Waals surface area contributed by atoms with Crippen LogP contribution in [0.25, 0.3) is 0 Å². The molecule has 2 heterocycles. The standard InChI is InChI=1S/C16H18N8O2S2/c1-27-23-15(25)21-19-13(11-7-3-5-9-17-11)14(12-8-4-6-10-18-12)20-22-16(26)24-28-2/h3-10H,1-2H3,(H2,21,23,25)(H2,22,24,26)/b19-13+,20-14+. The topological polar surface area (TPSA) is 133 Å². The average Bonchev–Trinajstić information content (AvgIpc) is 2.72. The molecule has 12 heteroatoms. The van der Waals surface area contributed by atoms with E-state index in [1.807, 2.05) is 0 Å². The van der Waals surface area contributed by atoms with Crippen molar-refractivity contribution < 1.29 is 9.59 Å². The molecular weight excluding hydrogens is 400 g/mol. The largest absolute Gasteiger partial charge is 0.345 e. The van der Waals surface area contributed by atoms with Crippen LogP contribution in [0.3, 0.4) is 0 Å². The van der Waals surface area contributed by atoms with E-state index in [1.54, 1.807) is 61.3 Å². The molecule has 0 spiro atoms. The van der Waals surface area contributed by atoms with Gasteiger partial charge < -0.3 is 0 Å². The van der Waals surface area contributed by atoms with Crippen LogP contribution in [0.4, 0.5) is 9.59 Å². The number of rotatable bonds is 7. The lowest BCUT2D eigenvalue weighted by molar-refractivity contribution is 0.246. The first-order valence-corrected chi connectivity index (χ1v) is 10.3. The lowest BCUT2D eigenvalue weighted by Gasteiger charge is -2.10. The van der Waals surface area contributed by atoms with Crippen LogP contribution in [0.1, 0.15) is 11.4 Å². The molecule has 2 rings (SSSR count). The van der Waals surface area contributed by atoms with E-state index in [4.69, 9.17) is 0 Å². The van der Waals surface area contributed by atoms with Gasteiger partial charge in [0.1, 0.15) is 11.4 Å². The molecule has 10 nitrogen and oxygen atoms in total. The van der Waals surface area contributed by atoms with E-state index in [0.29, 0.717) is 11.4 Å². The number of hydrogen-bond acceptors (Lipinski definition) is 8. The Morgan fingerprint density at radius 2 is 1.21 bits per heavy atom. The number of hydrogen-bond donors (Lipinski definition) is 4. The zero-order valence-electron chi connectivity index (χ0n) is 15.0. The Morgan fingerprint density at radius 1 is 0.786 bits per heavy atom. The highest BCUT2D eigenvalue weighted by Gasteiger charge is 2.18. The molecule has 146 valence electrons. The Hall–Kier alpha value is -3.12. The fraction of sp³-hybridized carbons (Fsp3) is 0.125. The van der Waals surface area contributed by atoms with Gasteiger partial charge in [0.15, 0.2) is 0 Å². The van der Waals surface area contributed by atoms with Crippen molar-refractivity contribution in [2.24, 2.45) is 10.2 Å². The summed E-state index contributed by atoms with van der Waals surface area (Å²) in [6.45, 7) is 0. The molecule has 0 fully saturated rings. The fourth-order valence-electron chi connectivity index (χ4n) is 1.91. The van der Waals surface area contributed by atoms with E-state index in [9.17, 15) is 9.59 Å². The molecular formula is C16H18N8O2S2. The van der Waals surface area contributed by atoms with Gasteiger partial charge in [0.2, 0.25) is 0 Å². The molecule has 4 N–H and O–H groups in total. The van der Waals surface area contributed by atoms with Crippen molar-refractivity contribution in [1.82, 2.24) is 30.3 Å². The molecule has 0 radical (unpaired) electrons. The summed E-state index contributed by atoms with van der Waals surface area (Å²) in [5.74, 6) is 0. The maximum absolute atomic E-state index is 11.8. The highest BCUT2D eigenvalue weighted by molar-refractivity contribution is 7.97. The number of aromatic nitrogens is 2. The first kappa shape index (κ1) is 21.2. The first-order valence-electron chi connectivity index (χ1n) is 7.82. The van der Waals surface area contributed by atoms with Crippen LogP contribution in [0.5, 0.6) is 0 Å². The number of nitrogens with one attached hydrogen (secondary N) is 4. The molecule has 28 heavy (non-hydrogen) atoms. The summed E-state index contributed by atoms with van der Waals surface area (Å²) in [5.41, 5.74) is 6.07. The van der Waals surface area contributed by atoms with Crippen molar-refractivity contribution in [2.45, 2.75) is 0 Å². The predicted molar refractivity (Wildman–Crippen MR) is 112 cm³/mol. The van der Waals surface area contributed by atoms with Crippen LogP contribution in [0.2, 0.25) is 0 Å². The lowest BCUT2D eigenvalue weighted by Crippen LogP contribution is -2.33. The van der Waals surface area contributed by atoms with Crippen LogP contribution < -0.4 is 20.3 Å². The number of nitrogens with zero attached hydrogens (tertiary/aromatic N) is 4. The molecule has 0 aliphatic rings. The van der Waals surface area contributed by atoms with Gasteiger partial charge in [-0.2, -0.15) is 10.2 Å². The summed E-state index contributed by atoms with van der Waals surface area (Å²) in [4.78, 5) is 32.1. The normalized spacial score (nSPS) is 11.5. The van der Waals surface area contributed by atoms with Gasteiger partial charge in [-0.05, 0) is 24.3 Å². The van der Waals surface area contributed by atoms with Crippen LogP contribution >= 0.6 is 23.9 Å². The van der Waals surface area contributed by atoms with Gasteiger partial charge in [-0.3, -0.25) is 19.4 Å². The second kappa shape index (κ2) is 11.6. The van der Waals surface area contributed by atoms with Gasteiger partial charge in [0.25, 0.3) is 0 Å². The Morgan fingerprint density at radius 3 is 1.54 bits per heavy atom. The highest BCUT2D eigenvalue weighted by Crippen LogP contribution is 2.06. The maximum Gasteiger partial charge on any atom is 0.345 e. The van der Waals surface area contributed by atoms with Crippen LogP contribution in [-0.2, 0) is 0 Å². The fourth-order valence-corrected chi connectivity index (χ4v) is 2.38. The third-order valence-electron chi connectivity index (χ3n) is 2.97. The lowest BCUT2D eigenvalue weighted by atomic mass is 10.1.